The van der Waals surface area contributed by atoms with Gasteiger partial charge in [0.2, 0.25) is 0 Å². The lowest BCUT2D eigenvalue weighted by Gasteiger charge is -2.53. The van der Waals surface area contributed by atoms with E-state index in [1.54, 1.807) is 26.8 Å². The van der Waals surface area contributed by atoms with E-state index < -0.39 is 52.6 Å². The third-order valence-electron chi connectivity index (χ3n) is 5.92. The van der Waals surface area contributed by atoms with E-state index in [1.807, 2.05) is 0 Å². The summed E-state index contributed by atoms with van der Waals surface area (Å²) in [7, 11) is 0. The first-order valence-corrected chi connectivity index (χ1v) is 12.2. The van der Waals surface area contributed by atoms with Crippen LogP contribution in [0.5, 0.6) is 0 Å². The van der Waals surface area contributed by atoms with Crippen LogP contribution in [-0.4, -0.2) is 50.1 Å². The maximum atomic E-state index is 14.3. The number of rotatable bonds is 7. The van der Waals surface area contributed by atoms with E-state index in [2.05, 4.69) is 10.6 Å². The molecule has 2 aromatic carbocycles. The number of benzene rings is 2. The van der Waals surface area contributed by atoms with Crippen LogP contribution in [-0.2, 0) is 9.59 Å². The van der Waals surface area contributed by atoms with E-state index in [-0.39, 0.29) is 27.0 Å². The molecule has 0 aliphatic carbocycles. The highest BCUT2D eigenvalue weighted by Crippen LogP contribution is 2.44. The highest BCUT2D eigenvalue weighted by molar-refractivity contribution is 6.39. The number of urea groups is 1. The molecule has 38 heavy (non-hydrogen) atoms. The van der Waals surface area contributed by atoms with Gasteiger partial charge in [-0.3, -0.25) is 9.59 Å². The molecule has 0 bridgehead atoms. The molecule has 0 aliphatic rings. The second-order valence-electron chi connectivity index (χ2n) is 10.7. The highest BCUT2D eigenvalue weighted by Gasteiger charge is 2.59. The first kappa shape index (κ1) is 30.9. The zero-order valence-electron chi connectivity index (χ0n) is 21.8. The van der Waals surface area contributed by atoms with Crippen molar-refractivity contribution in [3.05, 3.63) is 57.8 Å². The number of aliphatic carboxylic acids is 2. The van der Waals surface area contributed by atoms with Gasteiger partial charge in [-0.1, -0.05) is 50.0 Å². The average Bonchev–Trinajstić information content (AvgIpc) is 2.73. The molecule has 0 radical (unpaired) electrons. The largest absolute Gasteiger partial charge is 0.481 e. The van der Waals surface area contributed by atoms with Gasteiger partial charge in [0, 0.05) is 5.54 Å². The summed E-state index contributed by atoms with van der Waals surface area (Å²) in [6, 6.07) is 6.58. The van der Waals surface area contributed by atoms with Gasteiger partial charge in [0.25, 0.3) is 5.91 Å². The normalized spacial score (nSPS) is 13.3. The molecule has 206 valence electrons. The van der Waals surface area contributed by atoms with Crippen LogP contribution in [0.2, 0.25) is 10.0 Å². The molecule has 0 saturated carbocycles. The molecule has 0 aromatic heterocycles. The number of halogens is 3. The first-order chi connectivity index (χ1) is 17.3. The standard InChI is InChI=1S/C26H30Cl2FN3O6/c1-24(2,3)26(22(36)37,13-19(33)34)32(25(4,5)6)21(35)15-11-10-14(29)12-18(15)30-23(38)31-20-16(27)8-7-9-17(20)28/h7-12H,13H2,1-6H3,(H,33,34)(H,36,37)(H2,30,31,38)/t26-/m0/s1. The van der Waals surface area contributed by atoms with Crippen LogP contribution < -0.4 is 10.6 Å². The molecule has 0 unspecified atom stereocenters. The molecule has 3 amide bonds. The summed E-state index contributed by atoms with van der Waals surface area (Å²) < 4.78 is 14.3. The minimum absolute atomic E-state index is 0.0769. The van der Waals surface area contributed by atoms with E-state index >= 15 is 0 Å². The van der Waals surface area contributed by atoms with Gasteiger partial charge >= 0.3 is 18.0 Å². The monoisotopic (exact) mass is 569 g/mol. The summed E-state index contributed by atoms with van der Waals surface area (Å²) in [6.07, 6.45) is -0.912. The summed E-state index contributed by atoms with van der Waals surface area (Å²) >= 11 is 12.2. The fraction of sp³-hybridized carbons (Fsp3) is 0.385. The van der Waals surface area contributed by atoms with Crippen molar-refractivity contribution < 1.29 is 33.8 Å². The molecule has 0 spiro atoms. The first-order valence-electron chi connectivity index (χ1n) is 11.4. The summed E-state index contributed by atoms with van der Waals surface area (Å²) in [5.74, 6) is -4.68. The summed E-state index contributed by atoms with van der Waals surface area (Å²) in [5.41, 5.74) is -5.19. The van der Waals surface area contributed by atoms with Crippen LogP contribution in [0.3, 0.4) is 0 Å². The third-order valence-corrected chi connectivity index (χ3v) is 6.55. The predicted octanol–water partition coefficient (Wildman–Crippen LogP) is 6.36. The van der Waals surface area contributed by atoms with Crippen molar-refractivity contribution in [2.24, 2.45) is 5.41 Å². The van der Waals surface area contributed by atoms with Crippen LogP contribution in [0.4, 0.5) is 20.6 Å². The average molecular weight is 570 g/mol. The Morgan fingerprint density at radius 2 is 1.47 bits per heavy atom. The van der Waals surface area contributed by atoms with E-state index in [0.29, 0.717) is 0 Å². The van der Waals surface area contributed by atoms with Gasteiger partial charge in [-0.25, -0.2) is 14.0 Å². The van der Waals surface area contributed by atoms with Crippen LogP contribution in [0.1, 0.15) is 58.3 Å². The van der Waals surface area contributed by atoms with Crippen LogP contribution in [0.25, 0.3) is 0 Å². The topological polar surface area (TPSA) is 136 Å². The zero-order valence-corrected chi connectivity index (χ0v) is 23.3. The number of carboxylic acids is 2. The molecular formula is C26H30Cl2FN3O6. The van der Waals surface area contributed by atoms with E-state index in [0.717, 1.165) is 23.1 Å². The second-order valence-corrected chi connectivity index (χ2v) is 11.5. The lowest BCUT2D eigenvalue weighted by molar-refractivity contribution is -0.169. The van der Waals surface area contributed by atoms with E-state index in [4.69, 9.17) is 23.2 Å². The van der Waals surface area contributed by atoms with Crippen LogP contribution in [0, 0.1) is 11.2 Å². The molecule has 0 heterocycles. The lowest BCUT2D eigenvalue weighted by atomic mass is 9.68. The molecule has 2 rings (SSSR count). The second kappa shape index (κ2) is 11.2. The number of amides is 3. The molecular weight excluding hydrogens is 540 g/mol. The van der Waals surface area contributed by atoms with Gasteiger partial charge < -0.3 is 25.7 Å². The molecule has 0 saturated heterocycles. The maximum absolute atomic E-state index is 14.3. The Hall–Kier alpha value is -3.37. The molecule has 2 aromatic rings. The molecule has 4 N–H and O–H groups in total. The van der Waals surface area contributed by atoms with E-state index in [1.165, 1.54) is 32.9 Å². The van der Waals surface area contributed by atoms with Crippen molar-refractivity contribution in [2.75, 3.05) is 10.6 Å². The number of nitrogens with zero attached hydrogens (tertiary/aromatic N) is 1. The zero-order chi connectivity index (χ0) is 29.2. The number of nitrogens with one attached hydrogen (secondary N) is 2. The number of carbonyl (C=O) groups is 4. The smallest absolute Gasteiger partial charge is 0.330 e. The Balaban J connectivity index is 2.67. The van der Waals surface area contributed by atoms with Gasteiger partial charge in [0.15, 0.2) is 5.54 Å². The maximum Gasteiger partial charge on any atom is 0.330 e. The highest BCUT2D eigenvalue weighted by atomic mass is 35.5. The minimum Gasteiger partial charge on any atom is -0.481 e. The molecule has 1 atom stereocenters. The lowest BCUT2D eigenvalue weighted by Crippen LogP contribution is -2.69. The number of para-hydroxylation sites is 1. The third kappa shape index (κ3) is 6.36. The number of carbonyl (C=O) groups excluding carboxylic acids is 2. The number of hydrogen-bond donors (Lipinski definition) is 4. The van der Waals surface area contributed by atoms with Crippen molar-refractivity contribution in [1.82, 2.24) is 4.90 Å². The minimum atomic E-state index is -2.23. The van der Waals surface area contributed by atoms with Crippen molar-refractivity contribution in [2.45, 2.75) is 59.0 Å². The molecule has 0 fully saturated rings. The van der Waals surface area contributed by atoms with Crippen molar-refractivity contribution >= 4 is 58.5 Å². The summed E-state index contributed by atoms with van der Waals surface area (Å²) in [5, 5.41) is 25.2. The Labute approximate surface area is 229 Å². The fourth-order valence-corrected chi connectivity index (χ4v) is 4.74. The van der Waals surface area contributed by atoms with Crippen molar-refractivity contribution in [3.8, 4) is 0 Å². The number of anilines is 2. The van der Waals surface area contributed by atoms with Crippen LogP contribution >= 0.6 is 23.2 Å². The molecule has 9 nitrogen and oxygen atoms in total. The number of carboxylic acid groups (broad SMARTS) is 2. The van der Waals surface area contributed by atoms with Crippen LogP contribution in [0.15, 0.2) is 36.4 Å². The summed E-state index contributed by atoms with van der Waals surface area (Å²) in [6.45, 7) is 9.21. The SMILES string of the molecule is CC(C)(C)N(C(=O)c1ccc(F)cc1NC(=O)Nc1c(Cl)cccc1Cl)[C@@](CC(=O)O)(C(=O)O)C(C)(C)C. The Morgan fingerprint density at radius 1 is 0.921 bits per heavy atom. The molecule has 0 aliphatic heterocycles. The van der Waals surface area contributed by atoms with Crippen molar-refractivity contribution in [1.29, 1.82) is 0 Å². The van der Waals surface area contributed by atoms with Gasteiger partial charge in [-0.2, -0.15) is 0 Å². The van der Waals surface area contributed by atoms with Gasteiger partial charge in [0.05, 0.1) is 33.4 Å². The summed E-state index contributed by atoms with van der Waals surface area (Å²) in [4.78, 5) is 52.5. The number of hydrogen-bond acceptors (Lipinski definition) is 4. The van der Waals surface area contributed by atoms with Gasteiger partial charge in [-0.05, 0) is 56.5 Å². The van der Waals surface area contributed by atoms with E-state index in [9.17, 15) is 33.8 Å². The van der Waals surface area contributed by atoms with Gasteiger partial charge in [-0.15, -0.1) is 0 Å². The Bertz CT molecular complexity index is 1250. The van der Waals surface area contributed by atoms with Crippen molar-refractivity contribution in [3.63, 3.8) is 0 Å². The fourth-order valence-electron chi connectivity index (χ4n) is 4.25. The predicted molar refractivity (Wildman–Crippen MR) is 144 cm³/mol. The van der Waals surface area contributed by atoms with Gasteiger partial charge in [0.1, 0.15) is 5.82 Å². The Morgan fingerprint density at radius 3 is 1.92 bits per heavy atom. The molecule has 12 heteroatoms. The quantitative estimate of drug-likeness (QED) is 0.306. The Kier molecular flexibility index (Phi) is 9.06.